The number of rotatable bonds is 12. The molecule has 2 aromatic heterocycles. The van der Waals surface area contributed by atoms with Gasteiger partial charge in [-0.1, -0.05) is 301 Å². The first kappa shape index (κ1) is 72.6. The summed E-state index contributed by atoms with van der Waals surface area (Å²) in [5.41, 5.74) is 16.7. The third-order valence-electron chi connectivity index (χ3n) is 23.1. The molecule has 0 amide bonds. The normalized spacial score (nSPS) is 12.9. The Morgan fingerprint density at radius 3 is 0.914 bits per heavy atom. The first-order valence-corrected chi connectivity index (χ1v) is 40.4. The summed E-state index contributed by atoms with van der Waals surface area (Å²) < 4.78 is 14.1. The number of halogens is 1. The monoisotopic (exact) mass is 1550 g/mol. The van der Waals surface area contributed by atoms with Crippen LogP contribution in [0.4, 0.5) is 34.4 Å². The first-order chi connectivity index (χ1) is 56.9. The fraction of sp³-hybridized carbons (Fsp3) is 0.0556. The molecular formula is C108H80BBrN4O2. The molecule has 1 aliphatic rings. The smallest absolute Gasteiger partial charge is 0.399 e. The highest BCUT2D eigenvalue weighted by molar-refractivity contribution is 9.10. The Kier molecular flexibility index (Phi) is 19.5. The van der Waals surface area contributed by atoms with Crippen LogP contribution in [0.3, 0.4) is 0 Å². The summed E-state index contributed by atoms with van der Waals surface area (Å²) in [5.74, 6) is 1.78. The minimum Gasteiger partial charge on any atom is -0.399 e. The molecule has 0 spiro atoms. The molecule has 0 N–H and O–H groups in total. The van der Waals surface area contributed by atoms with E-state index in [1.807, 2.05) is 79.1 Å². The summed E-state index contributed by atoms with van der Waals surface area (Å²) in [6.45, 7) is 8.44. The summed E-state index contributed by atoms with van der Waals surface area (Å²) in [4.78, 5) is 13.5. The van der Waals surface area contributed by atoms with E-state index in [-0.39, 0.29) is 0 Å². The molecule has 3 heterocycles. The predicted molar refractivity (Wildman–Crippen MR) is 495 cm³/mol. The molecule has 0 aliphatic carbocycles. The fourth-order valence-corrected chi connectivity index (χ4v) is 16.9. The van der Waals surface area contributed by atoms with Gasteiger partial charge in [0.1, 0.15) is 11.6 Å². The summed E-state index contributed by atoms with van der Waals surface area (Å²) in [6.07, 6.45) is 3.65. The van der Waals surface area contributed by atoms with Crippen molar-refractivity contribution in [2.24, 2.45) is 0 Å². The Hall–Kier alpha value is -13.6. The van der Waals surface area contributed by atoms with Crippen molar-refractivity contribution in [1.82, 2.24) is 9.97 Å². The minimum absolute atomic E-state index is 0.409. The van der Waals surface area contributed by atoms with Crippen LogP contribution < -0.4 is 15.3 Å². The van der Waals surface area contributed by atoms with Crippen LogP contribution in [0.5, 0.6) is 0 Å². The maximum atomic E-state index is 6.53. The summed E-state index contributed by atoms with van der Waals surface area (Å²) in [6, 6.07) is 143. The van der Waals surface area contributed by atoms with Crippen molar-refractivity contribution in [3.8, 4) is 55.6 Å². The van der Waals surface area contributed by atoms with Crippen LogP contribution in [0.1, 0.15) is 27.7 Å². The molecule has 20 aromatic rings. The molecule has 8 heteroatoms. The summed E-state index contributed by atoms with van der Waals surface area (Å²) >= 11 is 3.47. The number of benzene rings is 18. The molecule has 554 valence electrons. The van der Waals surface area contributed by atoms with E-state index in [2.05, 4.69) is 392 Å². The molecule has 0 unspecified atom stereocenters. The van der Waals surface area contributed by atoms with E-state index in [4.69, 9.17) is 14.3 Å². The molecule has 0 saturated carbocycles. The fourth-order valence-electron chi connectivity index (χ4n) is 16.6. The van der Waals surface area contributed by atoms with Crippen LogP contribution in [0.2, 0.25) is 0 Å². The molecular weight excluding hydrogens is 1480 g/mol. The van der Waals surface area contributed by atoms with Gasteiger partial charge in [0.05, 0.1) is 11.2 Å². The average molecular weight is 1560 g/mol. The summed E-state index contributed by atoms with van der Waals surface area (Å²) in [5, 5.41) is 19.8. The van der Waals surface area contributed by atoms with Gasteiger partial charge in [-0.05, 0) is 290 Å². The van der Waals surface area contributed by atoms with Gasteiger partial charge in [0, 0.05) is 39.6 Å². The van der Waals surface area contributed by atoms with Crippen molar-refractivity contribution in [2.75, 3.05) is 9.80 Å². The molecule has 1 fully saturated rings. The van der Waals surface area contributed by atoms with Gasteiger partial charge >= 0.3 is 7.12 Å². The van der Waals surface area contributed by atoms with Crippen molar-refractivity contribution in [3.63, 3.8) is 0 Å². The number of hydrogen-bond acceptors (Lipinski definition) is 6. The largest absolute Gasteiger partial charge is 0.494 e. The number of para-hydroxylation sites is 2. The quantitative estimate of drug-likeness (QED) is 0.0897. The van der Waals surface area contributed by atoms with Crippen molar-refractivity contribution in [2.45, 2.75) is 38.9 Å². The summed E-state index contributed by atoms with van der Waals surface area (Å²) in [7, 11) is -0.436. The third-order valence-corrected chi connectivity index (χ3v) is 23.6. The zero-order valence-electron chi connectivity index (χ0n) is 64.8. The molecule has 0 radical (unpaired) electrons. The number of anilines is 6. The number of pyridine rings is 2. The van der Waals surface area contributed by atoms with Gasteiger partial charge in [-0.2, -0.15) is 0 Å². The molecule has 116 heavy (non-hydrogen) atoms. The lowest BCUT2D eigenvalue weighted by molar-refractivity contribution is 0.00578. The maximum absolute atomic E-state index is 6.53. The van der Waals surface area contributed by atoms with E-state index < -0.39 is 18.3 Å². The Balaban J connectivity index is 0.000000127. The highest BCUT2D eigenvalue weighted by Gasteiger charge is 2.52. The topological polar surface area (TPSA) is 50.7 Å². The third kappa shape index (κ3) is 14.1. The van der Waals surface area contributed by atoms with Crippen LogP contribution in [0.25, 0.3) is 142 Å². The number of aromatic nitrogens is 2. The van der Waals surface area contributed by atoms with Crippen molar-refractivity contribution < 1.29 is 9.31 Å². The Morgan fingerprint density at radius 1 is 0.241 bits per heavy atom. The molecule has 0 bridgehead atoms. The second-order valence-electron chi connectivity index (χ2n) is 30.7. The molecule has 18 aromatic carbocycles. The van der Waals surface area contributed by atoms with Gasteiger partial charge in [-0.25, -0.2) is 9.97 Å². The van der Waals surface area contributed by atoms with E-state index in [1.165, 1.54) is 136 Å². The zero-order chi connectivity index (χ0) is 78.3. The lowest BCUT2D eigenvalue weighted by atomic mass is 9.76. The van der Waals surface area contributed by atoms with Crippen molar-refractivity contribution in [1.29, 1.82) is 0 Å². The highest BCUT2D eigenvalue weighted by Crippen LogP contribution is 2.49. The van der Waals surface area contributed by atoms with E-state index in [9.17, 15) is 0 Å². The van der Waals surface area contributed by atoms with Crippen molar-refractivity contribution in [3.05, 3.63) is 417 Å². The number of nitrogens with zero attached hydrogens (tertiary/aromatic N) is 4. The van der Waals surface area contributed by atoms with Gasteiger partial charge in [0.25, 0.3) is 0 Å². The van der Waals surface area contributed by atoms with Gasteiger partial charge in [-0.15, -0.1) is 0 Å². The second kappa shape index (κ2) is 31.1. The molecule has 6 nitrogen and oxygen atoms in total. The van der Waals surface area contributed by atoms with Gasteiger partial charge < -0.3 is 9.31 Å². The van der Waals surface area contributed by atoms with Crippen LogP contribution >= 0.6 is 15.9 Å². The first-order valence-electron chi connectivity index (χ1n) is 39.6. The van der Waals surface area contributed by atoms with Crippen molar-refractivity contribution >= 4 is 149 Å². The Labute approximate surface area is 685 Å². The Bertz CT molecular complexity index is 6950. The van der Waals surface area contributed by atoms with E-state index in [0.717, 1.165) is 49.9 Å². The predicted octanol–water partition coefficient (Wildman–Crippen LogP) is 29.4. The van der Waals surface area contributed by atoms with Crippen LogP contribution in [0.15, 0.2) is 417 Å². The molecule has 1 aliphatic heterocycles. The lowest BCUT2D eigenvalue weighted by Crippen LogP contribution is -2.41. The van der Waals surface area contributed by atoms with Gasteiger partial charge in [-0.3, -0.25) is 9.80 Å². The molecule has 21 rings (SSSR count). The maximum Gasteiger partial charge on any atom is 0.494 e. The zero-order valence-corrected chi connectivity index (χ0v) is 66.4. The second-order valence-corrected chi connectivity index (χ2v) is 31.6. The highest BCUT2D eigenvalue weighted by atomic mass is 79.9. The van der Waals surface area contributed by atoms with Gasteiger partial charge in [0.15, 0.2) is 0 Å². The van der Waals surface area contributed by atoms with Crippen LogP contribution in [-0.4, -0.2) is 28.3 Å². The molecule has 0 atom stereocenters. The lowest BCUT2D eigenvalue weighted by Gasteiger charge is -2.32. The van der Waals surface area contributed by atoms with E-state index >= 15 is 0 Å². The SMILES string of the molecule is Brc1ccc(N(c2ccccc2)c2ccccn2)cc1.CC1(C)OB(c2ccc3c(-c4ccc5ccccc5c4)c4ccccc4c(-c4ccc5ccccc5c4)c3c2)OC1(C)C.c1ccc(N(c2ccc(-c3ccc4c(-c5ccc6ccccc6c5)c5ccccc5c(-c5ccc6ccccc6c5)c4c3)cc2)c2ccccn2)cc1. The van der Waals surface area contributed by atoms with Crippen LogP contribution in [0, 0.1) is 0 Å². The standard InChI is InChI=1S/C51H34N2.C40H33BO2.C17H13BrN2/c1-2-16-43(17-3-1)53(49-20-10-11-31-52-49)44-28-25-37(26-29-44)40-27-30-47-48(34-40)51(42-24-22-36-13-5-7-15-39(36)33-42)46-19-9-8-18-45(46)50(47)41-23-21-35-12-4-6-14-38(35)32-41;1-39(2)40(3,4)43-41(42-39)32-21-22-35-36(25-32)38(31-20-18-27-12-6-8-14-29(27)24-31)34-16-10-9-15-33(34)37(35)30-19-17-26-11-5-7-13-28(26)23-30;18-14-9-11-16(12-10-14)20(15-6-2-1-3-7-15)17-8-4-5-13-19-17/h1-34H;5-25H,1-4H3;1-13H. The van der Waals surface area contributed by atoms with Gasteiger partial charge in [0.2, 0.25) is 0 Å². The average Bonchev–Trinajstić information content (AvgIpc) is 0.907. The van der Waals surface area contributed by atoms with Crippen LogP contribution in [-0.2, 0) is 9.31 Å². The number of hydrogen-bond donors (Lipinski definition) is 0. The minimum atomic E-state index is -0.436. The number of fused-ring (bicyclic) bond motifs is 8. The molecule has 1 saturated heterocycles. The Morgan fingerprint density at radius 2 is 0.534 bits per heavy atom. The van der Waals surface area contributed by atoms with E-state index in [1.54, 1.807) is 0 Å². The van der Waals surface area contributed by atoms with E-state index in [0.29, 0.717) is 0 Å².